The van der Waals surface area contributed by atoms with E-state index in [0.29, 0.717) is 23.3 Å². The summed E-state index contributed by atoms with van der Waals surface area (Å²) in [6.45, 7) is 1.01. The second kappa shape index (κ2) is 10.8. The van der Waals surface area contributed by atoms with Crippen LogP contribution in [-0.4, -0.2) is 49.9 Å². The van der Waals surface area contributed by atoms with E-state index >= 15 is 0 Å². The highest BCUT2D eigenvalue weighted by molar-refractivity contribution is 7.80. The highest BCUT2D eigenvalue weighted by Crippen LogP contribution is 2.33. The normalized spacial score (nSPS) is 10.2. The van der Waals surface area contributed by atoms with E-state index in [-0.39, 0.29) is 22.4 Å². The lowest BCUT2D eigenvalue weighted by Crippen LogP contribution is -2.49. The minimum absolute atomic E-state index is 0.256. The first kappa shape index (κ1) is 21.1. The summed E-state index contributed by atoms with van der Waals surface area (Å²) in [6, 6.07) is 2.90. The highest BCUT2D eigenvalue weighted by Gasteiger charge is 2.12. The van der Waals surface area contributed by atoms with E-state index in [0.717, 1.165) is 6.42 Å². The third-order valence-corrected chi connectivity index (χ3v) is 4.17. The third kappa shape index (κ3) is 7.27. The molecule has 1 amide bonds. The van der Waals surface area contributed by atoms with E-state index in [1.807, 2.05) is 0 Å². The van der Waals surface area contributed by atoms with Gasteiger partial charge in [-0.2, -0.15) is 0 Å². The Morgan fingerprint density at radius 3 is 2.58 bits per heavy atom. The van der Waals surface area contributed by atoms with Crippen molar-refractivity contribution in [3.05, 3.63) is 27.2 Å². The molecule has 0 fully saturated rings. The molecular formula is C14H18Cl3N3O3S. The zero-order valence-electron chi connectivity index (χ0n) is 13.2. The van der Waals surface area contributed by atoms with E-state index in [1.165, 1.54) is 17.1 Å². The SMILES string of the molecule is COCCCNC(=S)N(C)NC(=O)COc1cc(Cl)c(Cl)cc1Cl. The predicted octanol–water partition coefficient (Wildman–Crippen LogP) is 2.90. The van der Waals surface area contributed by atoms with Crippen molar-refractivity contribution in [2.45, 2.75) is 6.42 Å². The number of rotatable bonds is 7. The van der Waals surface area contributed by atoms with Crippen LogP contribution in [0.15, 0.2) is 12.1 Å². The van der Waals surface area contributed by atoms with Crippen LogP contribution < -0.4 is 15.5 Å². The molecule has 134 valence electrons. The Hall–Kier alpha value is -0.990. The fourth-order valence-electron chi connectivity index (χ4n) is 1.56. The van der Waals surface area contributed by atoms with E-state index < -0.39 is 5.91 Å². The lowest BCUT2D eigenvalue weighted by molar-refractivity contribution is -0.126. The molecule has 0 bridgehead atoms. The van der Waals surface area contributed by atoms with Gasteiger partial charge >= 0.3 is 0 Å². The first-order valence-corrected chi connectivity index (χ1v) is 8.46. The van der Waals surface area contributed by atoms with Crippen LogP contribution in [0.3, 0.4) is 0 Å². The highest BCUT2D eigenvalue weighted by atomic mass is 35.5. The zero-order chi connectivity index (χ0) is 18.1. The largest absolute Gasteiger partial charge is 0.482 e. The van der Waals surface area contributed by atoms with Gasteiger partial charge in [0.1, 0.15) is 5.75 Å². The van der Waals surface area contributed by atoms with Crippen LogP contribution in [0.1, 0.15) is 6.42 Å². The number of carbonyl (C=O) groups excluding carboxylic acids is 1. The topological polar surface area (TPSA) is 62.8 Å². The lowest BCUT2D eigenvalue weighted by Gasteiger charge is -2.21. The van der Waals surface area contributed by atoms with Gasteiger partial charge in [0.2, 0.25) is 0 Å². The molecular weight excluding hydrogens is 397 g/mol. The molecule has 1 aromatic rings. The molecule has 10 heteroatoms. The van der Waals surface area contributed by atoms with Gasteiger partial charge in [0, 0.05) is 33.4 Å². The van der Waals surface area contributed by atoms with Crippen molar-refractivity contribution in [2.75, 3.05) is 33.9 Å². The number of hydrazine groups is 1. The molecule has 0 aliphatic rings. The number of ether oxygens (including phenoxy) is 2. The summed E-state index contributed by atoms with van der Waals surface area (Å²) in [4.78, 5) is 11.9. The summed E-state index contributed by atoms with van der Waals surface area (Å²) < 4.78 is 10.3. The number of hydrogen-bond donors (Lipinski definition) is 2. The summed E-state index contributed by atoms with van der Waals surface area (Å²) in [5.74, 6) is -0.134. The van der Waals surface area contributed by atoms with Gasteiger partial charge in [0.25, 0.3) is 5.91 Å². The lowest BCUT2D eigenvalue weighted by atomic mass is 10.3. The van der Waals surface area contributed by atoms with Gasteiger partial charge in [-0.3, -0.25) is 15.2 Å². The number of thiocarbonyl (C=S) groups is 1. The van der Waals surface area contributed by atoms with Crippen molar-refractivity contribution in [3.63, 3.8) is 0 Å². The van der Waals surface area contributed by atoms with Crippen LogP contribution in [0.5, 0.6) is 5.75 Å². The van der Waals surface area contributed by atoms with Crippen LogP contribution >= 0.6 is 47.0 Å². The first-order valence-electron chi connectivity index (χ1n) is 6.92. The average Bonchev–Trinajstić information content (AvgIpc) is 2.53. The molecule has 2 N–H and O–H groups in total. The number of hydrogen-bond acceptors (Lipinski definition) is 4. The van der Waals surface area contributed by atoms with Crippen LogP contribution in [0.2, 0.25) is 15.1 Å². The van der Waals surface area contributed by atoms with Gasteiger partial charge in [-0.1, -0.05) is 34.8 Å². The monoisotopic (exact) mass is 413 g/mol. The molecule has 0 saturated carbocycles. The summed E-state index contributed by atoms with van der Waals surface area (Å²) in [6.07, 6.45) is 0.803. The third-order valence-electron chi connectivity index (χ3n) is 2.73. The maximum Gasteiger partial charge on any atom is 0.276 e. The molecule has 0 aromatic heterocycles. The van der Waals surface area contributed by atoms with Gasteiger partial charge < -0.3 is 14.8 Å². The Balaban J connectivity index is 2.40. The Labute approximate surface area is 161 Å². The zero-order valence-corrected chi connectivity index (χ0v) is 16.3. The second-order valence-corrected chi connectivity index (χ2v) is 6.27. The predicted molar refractivity (Wildman–Crippen MR) is 100.0 cm³/mol. The van der Waals surface area contributed by atoms with Crippen molar-refractivity contribution in [1.29, 1.82) is 0 Å². The Bertz CT molecular complexity index is 590. The summed E-state index contributed by atoms with van der Waals surface area (Å²) in [7, 11) is 3.25. The van der Waals surface area contributed by atoms with Gasteiger partial charge in [0.05, 0.1) is 15.1 Å². The molecule has 0 heterocycles. The van der Waals surface area contributed by atoms with Crippen molar-refractivity contribution >= 4 is 58.0 Å². The molecule has 6 nitrogen and oxygen atoms in total. The second-order valence-electron chi connectivity index (χ2n) is 4.66. The fraction of sp³-hybridized carbons (Fsp3) is 0.429. The summed E-state index contributed by atoms with van der Waals surface area (Å²) in [5.41, 5.74) is 2.57. The van der Waals surface area contributed by atoms with Crippen molar-refractivity contribution in [1.82, 2.24) is 15.8 Å². The van der Waals surface area contributed by atoms with Crippen LogP contribution in [0, 0.1) is 0 Å². The molecule has 0 aliphatic heterocycles. The Morgan fingerprint density at radius 1 is 1.25 bits per heavy atom. The van der Waals surface area contributed by atoms with Crippen LogP contribution in [0.4, 0.5) is 0 Å². The maximum absolute atomic E-state index is 11.9. The molecule has 0 unspecified atom stereocenters. The molecule has 0 atom stereocenters. The van der Waals surface area contributed by atoms with Gasteiger partial charge in [-0.25, -0.2) is 0 Å². The number of nitrogens with one attached hydrogen (secondary N) is 2. The Morgan fingerprint density at radius 2 is 1.92 bits per heavy atom. The molecule has 0 saturated heterocycles. The number of amides is 1. The average molecular weight is 415 g/mol. The number of methoxy groups -OCH3 is 1. The van der Waals surface area contributed by atoms with E-state index in [4.69, 9.17) is 56.5 Å². The number of benzene rings is 1. The van der Waals surface area contributed by atoms with E-state index in [9.17, 15) is 4.79 Å². The summed E-state index contributed by atoms with van der Waals surface area (Å²) >= 11 is 22.8. The van der Waals surface area contributed by atoms with Gasteiger partial charge in [-0.15, -0.1) is 0 Å². The molecule has 1 rings (SSSR count). The molecule has 0 aliphatic carbocycles. The molecule has 1 aromatic carbocycles. The summed E-state index contributed by atoms with van der Waals surface area (Å²) in [5, 5.41) is 5.62. The molecule has 0 spiro atoms. The standard InChI is InChI=1S/C14H18Cl3N3O3S/c1-20(14(24)18-4-3-5-22-2)19-13(21)8-23-12-7-10(16)9(15)6-11(12)17/h6-7H,3-5,8H2,1-2H3,(H,18,24)(H,19,21). The van der Waals surface area contributed by atoms with Crippen LogP contribution in [-0.2, 0) is 9.53 Å². The quantitative estimate of drug-likeness (QED) is 0.310. The molecule has 0 radical (unpaired) electrons. The van der Waals surface area contributed by atoms with Gasteiger partial charge in [0.15, 0.2) is 11.7 Å². The van der Waals surface area contributed by atoms with Crippen LogP contribution in [0.25, 0.3) is 0 Å². The van der Waals surface area contributed by atoms with Crippen molar-refractivity contribution in [2.24, 2.45) is 0 Å². The smallest absolute Gasteiger partial charge is 0.276 e. The Kier molecular flexibility index (Phi) is 9.46. The van der Waals surface area contributed by atoms with E-state index in [2.05, 4.69) is 10.7 Å². The minimum Gasteiger partial charge on any atom is -0.482 e. The number of carbonyl (C=O) groups is 1. The van der Waals surface area contributed by atoms with Crippen molar-refractivity contribution in [3.8, 4) is 5.75 Å². The molecule has 24 heavy (non-hydrogen) atoms. The number of halogens is 3. The first-order chi connectivity index (χ1) is 11.3. The minimum atomic E-state index is -0.402. The van der Waals surface area contributed by atoms with Crippen molar-refractivity contribution < 1.29 is 14.3 Å². The maximum atomic E-state index is 11.9. The fourth-order valence-corrected chi connectivity index (χ4v) is 2.30. The van der Waals surface area contributed by atoms with Gasteiger partial charge in [-0.05, 0) is 24.7 Å². The number of nitrogens with zero attached hydrogens (tertiary/aromatic N) is 1. The van der Waals surface area contributed by atoms with E-state index in [1.54, 1.807) is 14.2 Å².